The number of fused-ring (bicyclic) bond motifs is 2. The van der Waals surface area contributed by atoms with Crippen molar-refractivity contribution in [2.24, 2.45) is 0 Å². The summed E-state index contributed by atoms with van der Waals surface area (Å²) in [5.41, 5.74) is 4.32. The number of hydrogen-bond donors (Lipinski definition) is 2. The zero-order valence-electron chi connectivity index (χ0n) is 13.7. The van der Waals surface area contributed by atoms with Gasteiger partial charge in [0.05, 0.1) is 18.0 Å². The first kappa shape index (κ1) is 15.2. The number of imidazole rings is 1. The van der Waals surface area contributed by atoms with Gasteiger partial charge in [0.15, 0.2) is 17.5 Å². The summed E-state index contributed by atoms with van der Waals surface area (Å²) in [6.07, 6.45) is 0.836. The molecule has 5 nitrogen and oxygen atoms in total. The molecule has 1 aliphatic rings. The summed E-state index contributed by atoms with van der Waals surface area (Å²) in [7, 11) is 0. The predicted octanol–water partition coefficient (Wildman–Crippen LogP) is 2.73. The molecule has 24 heavy (non-hydrogen) atoms. The van der Waals surface area contributed by atoms with Crippen molar-refractivity contribution in [3.63, 3.8) is 0 Å². The molecule has 3 aromatic rings. The first-order valence-electron chi connectivity index (χ1n) is 8.12. The van der Waals surface area contributed by atoms with Gasteiger partial charge in [0.2, 0.25) is 0 Å². The van der Waals surface area contributed by atoms with E-state index in [0.717, 1.165) is 22.5 Å². The molecule has 0 saturated heterocycles. The summed E-state index contributed by atoms with van der Waals surface area (Å²) < 4.78 is 8.03. The van der Waals surface area contributed by atoms with Crippen molar-refractivity contribution < 1.29 is 14.9 Å². The maximum atomic E-state index is 10.6. The number of pyridine rings is 1. The third-order valence-corrected chi connectivity index (χ3v) is 4.93. The largest absolute Gasteiger partial charge is 0.479 e. The van der Waals surface area contributed by atoms with Gasteiger partial charge in [0, 0.05) is 12.1 Å². The van der Waals surface area contributed by atoms with Gasteiger partial charge in [-0.1, -0.05) is 31.2 Å². The summed E-state index contributed by atoms with van der Waals surface area (Å²) in [6, 6.07) is 11.7. The number of aryl methyl sites for hydroxylation is 1. The van der Waals surface area contributed by atoms with Crippen LogP contribution in [0.25, 0.3) is 5.65 Å². The van der Waals surface area contributed by atoms with Gasteiger partial charge in [-0.15, -0.1) is 0 Å². The molecule has 1 aromatic carbocycles. The molecular formula is C19H20N2O3. The molecule has 2 aromatic heterocycles. The number of aromatic nitrogens is 2. The molecule has 3 atom stereocenters. The van der Waals surface area contributed by atoms with Gasteiger partial charge in [0.1, 0.15) is 6.10 Å². The van der Waals surface area contributed by atoms with Crippen LogP contribution in [-0.4, -0.2) is 25.7 Å². The lowest BCUT2D eigenvalue weighted by Crippen LogP contribution is -2.21. The fourth-order valence-electron chi connectivity index (χ4n) is 3.57. The third-order valence-electron chi connectivity index (χ3n) is 4.93. The minimum Gasteiger partial charge on any atom is -0.479 e. The van der Waals surface area contributed by atoms with Gasteiger partial charge in [-0.3, -0.25) is 4.40 Å². The molecule has 5 heteroatoms. The molecule has 0 spiro atoms. The number of hydrogen-bond acceptors (Lipinski definition) is 4. The highest BCUT2D eigenvalue weighted by Gasteiger charge is 2.38. The quantitative estimate of drug-likeness (QED) is 0.777. The minimum atomic E-state index is -0.601. The summed E-state index contributed by atoms with van der Waals surface area (Å²) in [5, 5.41) is 20.2. The Morgan fingerprint density at radius 1 is 1.17 bits per heavy atom. The zero-order chi connectivity index (χ0) is 16.8. The average Bonchev–Trinajstić information content (AvgIpc) is 3.05. The van der Waals surface area contributed by atoms with Crippen molar-refractivity contribution in [2.75, 3.05) is 0 Å². The van der Waals surface area contributed by atoms with Crippen LogP contribution in [0, 0.1) is 6.92 Å². The van der Waals surface area contributed by atoms with E-state index in [4.69, 9.17) is 4.74 Å². The second-order valence-corrected chi connectivity index (χ2v) is 6.31. The van der Waals surface area contributed by atoms with Crippen LogP contribution in [0.15, 0.2) is 42.6 Å². The van der Waals surface area contributed by atoms with Crippen molar-refractivity contribution in [2.45, 2.75) is 38.6 Å². The normalized spacial score (nSPS) is 22.8. The second-order valence-electron chi connectivity index (χ2n) is 6.31. The molecule has 0 amide bonds. The molecule has 2 heterocycles. The third kappa shape index (κ3) is 2.12. The first-order chi connectivity index (χ1) is 11.6. The van der Waals surface area contributed by atoms with Crippen molar-refractivity contribution in [1.82, 2.24) is 9.38 Å². The van der Waals surface area contributed by atoms with E-state index in [9.17, 15) is 10.2 Å². The number of benzene rings is 1. The molecule has 1 aliphatic carbocycles. The van der Waals surface area contributed by atoms with Gasteiger partial charge < -0.3 is 14.9 Å². The van der Waals surface area contributed by atoms with Crippen molar-refractivity contribution in [3.8, 4) is 5.75 Å². The smallest absolute Gasteiger partial charge is 0.180 e. The fourth-order valence-corrected chi connectivity index (χ4v) is 3.57. The molecule has 124 valence electrons. The van der Waals surface area contributed by atoms with E-state index in [1.165, 1.54) is 0 Å². The van der Waals surface area contributed by atoms with Crippen LogP contribution in [-0.2, 0) is 6.61 Å². The van der Waals surface area contributed by atoms with Crippen LogP contribution in [0.2, 0.25) is 0 Å². The van der Waals surface area contributed by atoms with E-state index in [1.54, 1.807) is 0 Å². The van der Waals surface area contributed by atoms with Gasteiger partial charge in [-0.05, 0) is 30.2 Å². The molecule has 0 saturated carbocycles. The Kier molecular flexibility index (Phi) is 3.55. The van der Waals surface area contributed by atoms with E-state index >= 15 is 0 Å². The zero-order valence-corrected chi connectivity index (χ0v) is 13.7. The van der Waals surface area contributed by atoms with Crippen molar-refractivity contribution in [3.05, 3.63) is 65.1 Å². The maximum absolute atomic E-state index is 10.6. The summed E-state index contributed by atoms with van der Waals surface area (Å²) in [5.74, 6) is 0.633. The Bertz CT molecular complexity index is 903. The monoisotopic (exact) mass is 324 g/mol. The number of ether oxygens (including phenoxy) is 1. The molecule has 0 bridgehead atoms. The number of aliphatic hydroxyl groups is 2. The Morgan fingerprint density at radius 2 is 1.92 bits per heavy atom. The van der Waals surface area contributed by atoms with E-state index in [-0.39, 0.29) is 12.5 Å². The van der Waals surface area contributed by atoms with Crippen LogP contribution in [0.1, 0.15) is 41.5 Å². The van der Waals surface area contributed by atoms with Crippen LogP contribution in [0.4, 0.5) is 0 Å². The van der Waals surface area contributed by atoms with E-state index in [0.29, 0.717) is 11.4 Å². The van der Waals surface area contributed by atoms with Crippen LogP contribution >= 0.6 is 0 Å². The standard InChI is InChI=1S/C19H20N2O3/c1-11-13-6-3-4-7-14(13)18(17(11)23)24-16-8-5-9-21-15(10-22)12(2)20-19(16)21/h3-9,11,17-18,22-23H,10H2,1-2H3. The Balaban J connectivity index is 1.78. The topological polar surface area (TPSA) is 67.0 Å². The number of aliphatic hydroxyl groups excluding tert-OH is 2. The molecule has 0 aliphatic heterocycles. The van der Waals surface area contributed by atoms with Gasteiger partial charge in [-0.25, -0.2) is 4.98 Å². The Hall–Kier alpha value is -2.37. The van der Waals surface area contributed by atoms with Crippen LogP contribution < -0.4 is 4.74 Å². The van der Waals surface area contributed by atoms with Crippen LogP contribution in [0.5, 0.6) is 5.75 Å². The minimum absolute atomic E-state index is 0.0282. The predicted molar refractivity (Wildman–Crippen MR) is 90.1 cm³/mol. The summed E-state index contributed by atoms with van der Waals surface area (Å²) in [6.45, 7) is 3.80. The molecule has 0 fully saturated rings. The van der Waals surface area contributed by atoms with Crippen LogP contribution in [0.3, 0.4) is 0 Å². The van der Waals surface area contributed by atoms with Crippen molar-refractivity contribution >= 4 is 5.65 Å². The SMILES string of the molecule is Cc1nc2c(OC3c4ccccc4C(C)C3O)cccn2c1CO. The summed E-state index contributed by atoms with van der Waals surface area (Å²) in [4.78, 5) is 4.52. The Labute approximate surface area is 140 Å². The lowest BCUT2D eigenvalue weighted by Gasteiger charge is -2.20. The Morgan fingerprint density at radius 3 is 2.67 bits per heavy atom. The first-order valence-corrected chi connectivity index (χ1v) is 8.12. The second kappa shape index (κ2) is 5.61. The molecule has 2 N–H and O–H groups in total. The maximum Gasteiger partial charge on any atom is 0.180 e. The van der Waals surface area contributed by atoms with Gasteiger partial charge >= 0.3 is 0 Å². The summed E-state index contributed by atoms with van der Waals surface area (Å²) >= 11 is 0. The molecular weight excluding hydrogens is 304 g/mol. The highest BCUT2D eigenvalue weighted by atomic mass is 16.5. The number of nitrogens with zero attached hydrogens (tertiary/aromatic N) is 2. The van der Waals surface area contributed by atoms with Gasteiger partial charge in [-0.2, -0.15) is 0 Å². The lowest BCUT2D eigenvalue weighted by atomic mass is 10.0. The highest BCUT2D eigenvalue weighted by molar-refractivity contribution is 5.56. The van der Waals surface area contributed by atoms with E-state index in [1.807, 2.05) is 60.8 Å². The molecule has 3 unspecified atom stereocenters. The fraction of sp³-hybridized carbons (Fsp3) is 0.316. The van der Waals surface area contributed by atoms with E-state index in [2.05, 4.69) is 4.98 Å². The molecule has 0 radical (unpaired) electrons. The van der Waals surface area contributed by atoms with Gasteiger partial charge in [0.25, 0.3) is 0 Å². The highest BCUT2D eigenvalue weighted by Crippen LogP contribution is 2.43. The lowest BCUT2D eigenvalue weighted by molar-refractivity contribution is 0.0368. The van der Waals surface area contributed by atoms with Crippen molar-refractivity contribution in [1.29, 1.82) is 0 Å². The van der Waals surface area contributed by atoms with E-state index < -0.39 is 12.2 Å². The number of rotatable bonds is 3. The average molecular weight is 324 g/mol. The molecule has 4 rings (SSSR count).